The summed E-state index contributed by atoms with van der Waals surface area (Å²) < 4.78 is 16.7. The van der Waals surface area contributed by atoms with Gasteiger partial charge in [-0.15, -0.1) is 0 Å². The fourth-order valence-corrected chi connectivity index (χ4v) is 2.23. The lowest BCUT2D eigenvalue weighted by atomic mass is 10.1. The molecule has 1 aliphatic rings. The predicted molar refractivity (Wildman–Crippen MR) is 84.0 cm³/mol. The maximum atomic E-state index is 5.95. The second kappa shape index (κ2) is 7.14. The lowest BCUT2D eigenvalue weighted by Gasteiger charge is -2.21. The monoisotopic (exact) mass is 293 g/mol. The minimum absolute atomic E-state index is 0.0993. The number of benzene rings is 1. The summed E-state index contributed by atoms with van der Waals surface area (Å²) in [6.45, 7) is 9.63. The van der Waals surface area contributed by atoms with E-state index in [1.807, 2.05) is 6.07 Å². The van der Waals surface area contributed by atoms with Gasteiger partial charge in [0.25, 0.3) is 0 Å². The quantitative estimate of drug-likeness (QED) is 0.875. The molecule has 0 aliphatic carbocycles. The first-order valence-corrected chi connectivity index (χ1v) is 7.60. The Bertz CT molecular complexity index is 448. The fraction of sp³-hybridized carbons (Fsp3) is 0.647. The smallest absolute Gasteiger partial charge is 0.161 e. The molecule has 1 atom stereocenters. The molecule has 1 N–H and O–H groups in total. The van der Waals surface area contributed by atoms with Crippen LogP contribution in [0.15, 0.2) is 18.2 Å². The highest BCUT2D eigenvalue weighted by atomic mass is 16.5. The van der Waals surface area contributed by atoms with Crippen molar-refractivity contribution in [2.75, 3.05) is 26.9 Å². The Kier molecular flexibility index (Phi) is 5.48. The van der Waals surface area contributed by atoms with Crippen molar-refractivity contribution in [2.24, 2.45) is 5.92 Å². The van der Waals surface area contributed by atoms with Crippen LogP contribution in [0.5, 0.6) is 11.5 Å². The Morgan fingerprint density at radius 2 is 2.10 bits per heavy atom. The molecule has 1 fully saturated rings. The van der Waals surface area contributed by atoms with Crippen LogP contribution in [-0.2, 0) is 11.3 Å². The van der Waals surface area contributed by atoms with E-state index >= 15 is 0 Å². The Hall–Kier alpha value is -1.26. The van der Waals surface area contributed by atoms with Crippen molar-refractivity contribution in [3.05, 3.63) is 23.8 Å². The SMILES string of the molecule is COc1ccc(CNC(C)(C)C)cc1OCC1CCOC1. The van der Waals surface area contributed by atoms with Crippen molar-refractivity contribution < 1.29 is 14.2 Å². The van der Waals surface area contributed by atoms with Crippen LogP contribution in [0.4, 0.5) is 0 Å². The molecule has 0 radical (unpaired) electrons. The Morgan fingerprint density at radius 3 is 2.71 bits per heavy atom. The average molecular weight is 293 g/mol. The Labute approximate surface area is 127 Å². The summed E-state index contributed by atoms with van der Waals surface area (Å²) in [4.78, 5) is 0. The summed E-state index contributed by atoms with van der Waals surface area (Å²) in [6, 6.07) is 6.11. The zero-order chi connectivity index (χ0) is 15.3. The van der Waals surface area contributed by atoms with Gasteiger partial charge in [0.15, 0.2) is 11.5 Å². The minimum Gasteiger partial charge on any atom is -0.493 e. The summed E-state index contributed by atoms with van der Waals surface area (Å²) in [7, 11) is 1.67. The van der Waals surface area contributed by atoms with E-state index < -0.39 is 0 Å². The summed E-state index contributed by atoms with van der Waals surface area (Å²) >= 11 is 0. The molecule has 1 unspecified atom stereocenters. The second-order valence-electron chi connectivity index (χ2n) is 6.63. The third-order valence-corrected chi connectivity index (χ3v) is 3.55. The van der Waals surface area contributed by atoms with Gasteiger partial charge in [-0.25, -0.2) is 0 Å². The molecular formula is C17H27NO3. The third kappa shape index (κ3) is 5.21. The number of hydrogen-bond acceptors (Lipinski definition) is 4. The fourth-order valence-electron chi connectivity index (χ4n) is 2.23. The molecule has 0 aromatic heterocycles. The van der Waals surface area contributed by atoms with Crippen LogP contribution in [0.2, 0.25) is 0 Å². The average Bonchev–Trinajstić information content (AvgIpc) is 2.95. The number of nitrogens with one attached hydrogen (secondary N) is 1. The molecular weight excluding hydrogens is 266 g/mol. The summed E-state index contributed by atoms with van der Waals surface area (Å²) in [5.74, 6) is 2.09. The zero-order valence-corrected chi connectivity index (χ0v) is 13.6. The lowest BCUT2D eigenvalue weighted by molar-refractivity contribution is 0.165. The summed E-state index contributed by atoms with van der Waals surface area (Å²) in [5.41, 5.74) is 1.30. The van der Waals surface area contributed by atoms with Gasteiger partial charge in [0.1, 0.15) is 0 Å². The van der Waals surface area contributed by atoms with E-state index in [1.165, 1.54) is 5.56 Å². The lowest BCUT2D eigenvalue weighted by Crippen LogP contribution is -2.35. The molecule has 4 heteroatoms. The first-order chi connectivity index (χ1) is 9.98. The van der Waals surface area contributed by atoms with E-state index in [9.17, 15) is 0 Å². The second-order valence-corrected chi connectivity index (χ2v) is 6.63. The van der Waals surface area contributed by atoms with Crippen molar-refractivity contribution in [2.45, 2.75) is 39.3 Å². The van der Waals surface area contributed by atoms with Crippen molar-refractivity contribution in [1.82, 2.24) is 5.32 Å². The highest BCUT2D eigenvalue weighted by molar-refractivity contribution is 5.43. The van der Waals surface area contributed by atoms with Crippen molar-refractivity contribution in [1.29, 1.82) is 0 Å². The highest BCUT2D eigenvalue weighted by Gasteiger charge is 2.17. The molecule has 1 aliphatic heterocycles. The molecule has 0 saturated carbocycles. The van der Waals surface area contributed by atoms with Crippen LogP contribution in [-0.4, -0.2) is 32.5 Å². The molecule has 1 heterocycles. The molecule has 0 spiro atoms. The van der Waals surface area contributed by atoms with Crippen LogP contribution in [0.3, 0.4) is 0 Å². The zero-order valence-electron chi connectivity index (χ0n) is 13.6. The van der Waals surface area contributed by atoms with Gasteiger partial charge >= 0.3 is 0 Å². The third-order valence-electron chi connectivity index (χ3n) is 3.55. The molecule has 21 heavy (non-hydrogen) atoms. The van der Waals surface area contributed by atoms with Gasteiger partial charge in [-0.3, -0.25) is 0 Å². The molecule has 2 rings (SSSR count). The first-order valence-electron chi connectivity index (χ1n) is 7.60. The van der Waals surface area contributed by atoms with E-state index in [1.54, 1.807) is 7.11 Å². The van der Waals surface area contributed by atoms with E-state index in [2.05, 4.69) is 38.2 Å². The van der Waals surface area contributed by atoms with Gasteiger partial charge in [-0.2, -0.15) is 0 Å². The highest BCUT2D eigenvalue weighted by Crippen LogP contribution is 2.29. The first kappa shape index (κ1) is 16.1. The topological polar surface area (TPSA) is 39.7 Å². The molecule has 118 valence electrons. The molecule has 4 nitrogen and oxygen atoms in total. The molecule has 0 amide bonds. The normalized spacial score (nSPS) is 18.8. The molecule has 1 saturated heterocycles. The minimum atomic E-state index is 0.0993. The van der Waals surface area contributed by atoms with Gasteiger partial charge in [0, 0.05) is 24.6 Å². The van der Waals surface area contributed by atoms with Crippen molar-refractivity contribution in [3.8, 4) is 11.5 Å². The standard InChI is InChI=1S/C17H27NO3/c1-17(2,3)18-10-13-5-6-15(19-4)16(9-13)21-12-14-7-8-20-11-14/h5-6,9,14,18H,7-8,10-12H2,1-4H3. The molecule has 1 aromatic rings. The number of rotatable bonds is 6. The van der Waals surface area contributed by atoms with Gasteiger partial charge in [0.05, 0.1) is 20.3 Å². The Balaban J connectivity index is 1.99. The molecule has 1 aromatic carbocycles. The van der Waals surface area contributed by atoms with Crippen molar-refractivity contribution in [3.63, 3.8) is 0 Å². The van der Waals surface area contributed by atoms with Gasteiger partial charge in [-0.1, -0.05) is 6.07 Å². The van der Waals surface area contributed by atoms with Crippen LogP contribution in [0.25, 0.3) is 0 Å². The summed E-state index contributed by atoms with van der Waals surface area (Å²) in [5, 5.41) is 3.48. The maximum Gasteiger partial charge on any atom is 0.161 e. The molecule has 0 bridgehead atoms. The van der Waals surface area contributed by atoms with Crippen LogP contribution >= 0.6 is 0 Å². The van der Waals surface area contributed by atoms with E-state index in [0.29, 0.717) is 12.5 Å². The van der Waals surface area contributed by atoms with E-state index in [0.717, 1.165) is 37.7 Å². The largest absolute Gasteiger partial charge is 0.493 e. The summed E-state index contributed by atoms with van der Waals surface area (Å²) in [6.07, 6.45) is 1.08. The van der Waals surface area contributed by atoms with Crippen molar-refractivity contribution >= 4 is 0 Å². The number of ether oxygens (including phenoxy) is 3. The van der Waals surface area contributed by atoms with E-state index in [4.69, 9.17) is 14.2 Å². The number of hydrogen-bond donors (Lipinski definition) is 1. The van der Waals surface area contributed by atoms with Gasteiger partial charge < -0.3 is 19.5 Å². The van der Waals surface area contributed by atoms with E-state index in [-0.39, 0.29) is 5.54 Å². The predicted octanol–water partition coefficient (Wildman–Crippen LogP) is 3.00. The van der Waals surface area contributed by atoms with Gasteiger partial charge in [0.2, 0.25) is 0 Å². The van der Waals surface area contributed by atoms with Crippen LogP contribution in [0, 0.1) is 5.92 Å². The maximum absolute atomic E-state index is 5.95. The van der Waals surface area contributed by atoms with Crippen LogP contribution in [0.1, 0.15) is 32.8 Å². The van der Waals surface area contributed by atoms with Crippen LogP contribution < -0.4 is 14.8 Å². The number of methoxy groups -OCH3 is 1. The van der Waals surface area contributed by atoms with Gasteiger partial charge in [-0.05, 0) is 44.9 Å². The Morgan fingerprint density at radius 1 is 1.29 bits per heavy atom.